The average Bonchev–Trinajstić information content (AvgIpc) is 3.34. The molecule has 130 valence electrons. The fraction of sp³-hybridized carbons (Fsp3) is 0.556. The number of hydrogen-bond acceptors (Lipinski definition) is 4. The molecule has 1 fully saturated rings. The van der Waals surface area contributed by atoms with E-state index < -0.39 is 5.60 Å². The predicted molar refractivity (Wildman–Crippen MR) is 90.5 cm³/mol. The van der Waals surface area contributed by atoms with Crippen molar-refractivity contribution in [2.24, 2.45) is 0 Å². The molecule has 1 aromatic rings. The van der Waals surface area contributed by atoms with E-state index >= 15 is 0 Å². The number of methoxy groups -OCH3 is 1. The first-order valence-corrected chi connectivity index (χ1v) is 8.38. The summed E-state index contributed by atoms with van der Waals surface area (Å²) in [6.07, 6.45) is 2.72. The summed E-state index contributed by atoms with van der Waals surface area (Å²) in [4.78, 5) is 27.1. The van der Waals surface area contributed by atoms with Crippen LogP contribution in [0.25, 0.3) is 0 Å². The van der Waals surface area contributed by atoms with Crippen molar-refractivity contribution < 1.29 is 19.1 Å². The fourth-order valence-corrected chi connectivity index (χ4v) is 2.88. The Hall–Kier alpha value is -2.08. The number of amides is 2. The maximum absolute atomic E-state index is 12.8. The second kappa shape index (κ2) is 6.43. The highest BCUT2D eigenvalue weighted by Gasteiger charge is 2.42. The fourth-order valence-electron chi connectivity index (χ4n) is 2.88. The van der Waals surface area contributed by atoms with Crippen LogP contribution >= 0.6 is 0 Å². The van der Waals surface area contributed by atoms with Crippen molar-refractivity contribution in [1.82, 2.24) is 5.32 Å². The number of carbonyl (C=O) groups excluding carboxylic acids is 2. The Bertz CT molecular complexity index is 652. The zero-order valence-corrected chi connectivity index (χ0v) is 14.4. The highest BCUT2D eigenvalue weighted by Crippen LogP contribution is 2.40. The molecule has 0 saturated heterocycles. The van der Waals surface area contributed by atoms with Crippen LogP contribution in [0.15, 0.2) is 18.2 Å². The van der Waals surface area contributed by atoms with E-state index in [9.17, 15) is 9.59 Å². The first kappa shape index (κ1) is 16.8. The molecule has 0 bridgehead atoms. The minimum absolute atomic E-state index is 0.141. The third-order valence-corrected chi connectivity index (χ3v) is 4.28. The Morgan fingerprint density at radius 2 is 2.17 bits per heavy atom. The summed E-state index contributed by atoms with van der Waals surface area (Å²) < 4.78 is 11.0. The summed E-state index contributed by atoms with van der Waals surface area (Å²) >= 11 is 0. The van der Waals surface area contributed by atoms with Gasteiger partial charge in [-0.2, -0.15) is 0 Å². The first-order valence-electron chi connectivity index (χ1n) is 8.38. The molecule has 1 aliphatic heterocycles. The quantitative estimate of drug-likeness (QED) is 0.810. The van der Waals surface area contributed by atoms with Crippen molar-refractivity contribution in [1.29, 1.82) is 0 Å². The summed E-state index contributed by atoms with van der Waals surface area (Å²) in [5, 5.41) is 2.99. The monoisotopic (exact) mass is 332 g/mol. The van der Waals surface area contributed by atoms with Gasteiger partial charge in [0.25, 0.3) is 11.8 Å². The zero-order valence-electron chi connectivity index (χ0n) is 14.4. The van der Waals surface area contributed by atoms with Gasteiger partial charge in [0.2, 0.25) is 0 Å². The number of carbonyl (C=O) groups is 2. The lowest BCUT2D eigenvalue weighted by atomic mass is 10.0. The van der Waals surface area contributed by atoms with Crippen molar-refractivity contribution in [3.8, 4) is 5.75 Å². The SMILES string of the molecule is COCCCN1C(=O)C(C)(C)Oc2cccc(C(=O)NC3CC3)c21. The minimum atomic E-state index is -0.953. The summed E-state index contributed by atoms with van der Waals surface area (Å²) in [6, 6.07) is 5.60. The Labute approximate surface area is 142 Å². The lowest BCUT2D eigenvalue weighted by molar-refractivity contribution is -0.132. The molecule has 1 aromatic carbocycles. The molecule has 6 nitrogen and oxygen atoms in total. The largest absolute Gasteiger partial charge is 0.476 e. The number of para-hydroxylation sites is 1. The molecule has 0 unspecified atom stereocenters. The highest BCUT2D eigenvalue weighted by atomic mass is 16.5. The van der Waals surface area contributed by atoms with Crippen LogP contribution in [0.1, 0.15) is 43.5 Å². The predicted octanol–water partition coefficient (Wildman–Crippen LogP) is 2.12. The van der Waals surface area contributed by atoms with Gasteiger partial charge in [-0.15, -0.1) is 0 Å². The zero-order chi connectivity index (χ0) is 17.3. The number of nitrogens with zero attached hydrogens (tertiary/aromatic N) is 1. The van der Waals surface area contributed by atoms with Gasteiger partial charge in [-0.1, -0.05) is 6.07 Å². The summed E-state index contributed by atoms with van der Waals surface area (Å²) in [5.74, 6) is 0.278. The molecule has 1 N–H and O–H groups in total. The van der Waals surface area contributed by atoms with Crippen molar-refractivity contribution >= 4 is 17.5 Å². The lowest BCUT2D eigenvalue weighted by Gasteiger charge is -2.39. The van der Waals surface area contributed by atoms with Crippen LogP contribution in [0, 0.1) is 0 Å². The number of nitrogens with one attached hydrogen (secondary N) is 1. The Kier molecular flexibility index (Phi) is 4.49. The number of benzene rings is 1. The van der Waals surface area contributed by atoms with Gasteiger partial charge in [-0.3, -0.25) is 9.59 Å². The summed E-state index contributed by atoms with van der Waals surface area (Å²) in [7, 11) is 1.63. The molecule has 2 aliphatic rings. The van der Waals surface area contributed by atoms with Crippen LogP contribution in [-0.4, -0.2) is 43.7 Å². The molecule has 1 saturated carbocycles. The number of hydrogen-bond donors (Lipinski definition) is 1. The van der Waals surface area contributed by atoms with Crippen molar-refractivity contribution in [3.63, 3.8) is 0 Å². The molecule has 0 aromatic heterocycles. The van der Waals surface area contributed by atoms with Gasteiger partial charge in [-0.05, 0) is 45.2 Å². The van der Waals surface area contributed by atoms with E-state index in [1.54, 1.807) is 44.1 Å². The third-order valence-electron chi connectivity index (χ3n) is 4.28. The van der Waals surface area contributed by atoms with Crippen LogP contribution in [0.2, 0.25) is 0 Å². The van der Waals surface area contributed by atoms with Crippen molar-refractivity contribution in [2.45, 2.75) is 44.8 Å². The number of anilines is 1. The van der Waals surface area contributed by atoms with Crippen LogP contribution in [-0.2, 0) is 9.53 Å². The molecule has 0 radical (unpaired) electrons. The lowest BCUT2D eigenvalue weighted by Crippen LogP contribution is -2.53. The van der Waals surface area contributed by atoms with Gasteiger partial charge in [0.1, 0.15) is 5.75 Å². The van der Waals surface area contributed by atoms with Crippen LogP contribution in [0.4, 0.5) is 5.69 Å². The van der Waals surface area contributed by atoms with E-state index in [0.29, 0.717) is 36.6 Å². The highest BCUT2D eigenvalue weighted by molar-refractivity contribution is 6.10. The standard InChI is InChI=1S/C18H24N2O4/c1-18(2)17(22)20(10-5-11-23-3)15-13(6-4-7-14(15)24-18)16(21)19-12-8-9-12/h4,6-7,12H,5,8-11H2,1-3H3,(H,19,21). The second-order valence-electron chi connectivity index (χ2n) is 6.82. The Morgan fingerprint density at radius 3 is 2.83 bits per heavy atom. The maximum atomic E-state index is 12.8. The molecule has 1 aliphatic carbocycles. The summed E-state index contributed by atoms with van der Waals surface area (Å²) in [6.45, 7) is 4.54. The van der Waals surface area contributed by atoms with E-state index in [1.165, 1.54) is 0 Å². The van der Waals surface area contributed by atoms with E-state index in [0.717, 1.165) is 12.8 Å². The van der Waals surface area contributed by atoms with Gasteiger partial charge < -0.3 is 19.7 Å². The van der Waals surface area contributed by atoms with Gasteiger partial charge in [0, 0.05) is 26.3 Å². The normalized spacial score (nSPS) is 18.8. The first-order chi connectivity index (χ1) is 11.4. The van der Waals surface area contributed by atoms with Crippen molar-refractivity contribution in [2.75, 3.05) is 25.2 Å². The molecule has 24 heavy (non-hydrogen) atoms. The molecule has 0 atom stereocenters. The molecule has 0 spiro atoms. The van der Waals surface area contributed by atoms with Gasteiger partial charge in [0.05, 0.1) is 11.3 Å². The van der Waals surface area contributed by atoms with E-state index in [4.69, 9.17) is 9.47 Å². The average molecular weight is 332 g/mol. The molecular weight excluding hydrogens is 308 g/mol. The Balaban J connectivity index is 1.97. The van der Waals surface area contributed by atoms with E-state index in [1.807, 2.05) is 0 Å². The van der Waals surface area contributed by atoms with E-state index in [-0.39, 0.29) is 17.9 Å². The van der Waals surface area contributed by atoms with Gasteiger partial charge in [-0.25, -0.2) is 0 Å². The van der Waals surface area contributed by atoms with Crippen LogP contribution in [0.3, 0.4) is 0 Å². The van der Waals surface area contributed by atoms with Crippen LogP contribution < -0.4 is 15.0 Å². The van der Waals surface area contributed by atoms with Crippen molar-refractivity contribution in [3.05, 3.63) is 23.8 Å². The number of rotatable bonds is 6. The second-order valence-corrected chi connectivity index (χ2v) is 6.82. The molecule has 6 heteroatoms. The molecular formula is C18H24N2O4. The third kappa shape index (κ3) is 3.24. The van der Waals surface area contributed by atoms with Gasteiger partial charge >= 0.3 is 0 Å². The molecule has 3 rings (SSSR count). The maximum Gasteiger partial charge on any atom is 0.270 e. The number of fused-ring (bicyclic) bond motifs is 1. The minimum Gasteiger partial charge on any atom is -0.476 e. The smallest absolute Gasteiger partial charge is 0.270 e. The Morgan fingerprint density at radius 1 is 1.42 bits per heavy atom. The van der Waals surface area contributed by atoms with Crippen LogP contribution in [0.5, 0.6) is 5.75 Å². The topological polar surface area (TPSA) is 67.9 Å². The molecule has 1 heterocycles. The van der Waals surface area contributed by atoms with Gasteiger partial charge in [0.15, 0.2) is 5.60 Å². The molecule has 2 amide bonds. The summed E-state index contributed by atoms with van der Waals surface area (Å²) in [5.41, 5.74) is 0.0998. The van der Waals surface area contributed by atoms with E-state index in [2.05, 4.69) is 5.32 Å². The number of ether oxygens (including phenoxy) is 2.